The molecule has 0 radical (unpaired) electrons. The third-order valence-electron chi connectivity index (χ3n) is 5.11. The number of nitrogens with one attached hydrogen (secondary N) is 4. The average molecular weight is 405 g/mol. The summed E-state index contributed by atoms with van der Waals surface area (Å²) in [6.45, 7) is 3.42. The Balaban J connectivity index is 1.33. The lowest BCUT2D eigenvalue weighted by atomic mass is 10.1. The summed E-state index contributed by atoms with van der Waals surface area (Å²) in [5.41, 5.74) is 7.42. The molecule has 2 fully saturated rings. The third-order valence-corrected chi connectivity index (χ3v) is 5.11. The van der Waals surface area contributed by atoms with E-state index in [1.165, 1.54) is 11.0 Å². The number of nitrogens with zero attached hydrogens (tertiary/aromatic N) is 1. The van der Waals surface area contributed by atoms with Crippen LogP contribution in [0, 0.1) is 11.7 Å². The fourth-order valence-electron chi connectivity index (χ4n) is 3.15. The van der Waals surface area contributed by atoms with Crippen LogP contribution in [0.5, 0.6) is 0 Å². The van der Waals surface area contributed by atoms with E-state index in [2.05, 4.69) is 21.5 Å². The highest BCUT2D eigenvalue weighted by Crippen LogP contribution is 2.31. The minimum absolute atomic E-state index is 0.0237. The lowest BCUT2D eigenvalue weighted by Gasteiger charge is -2.17. The van der Waals surface area contributed by atoms with Gasteiger partial charge in [-0.1, -0.05) is 12.5 Å². The zero-order valence-corrected chi connectivity index (χ0v) is 16.6. The van der Waals surface area contributed by atoms with Crippen molar-refractivity contribution >= 4 is 23.5 Å². The summed E-state index contributed by atoms with van der Waals surface area (Å²) < 4.78 is 14.0. The predicted octanol–water partition coefficient (Wildman–Crippen LogP) is 2.05. The summed E-state index contributed by atoms with van der Waals surface area (Å²) >= 11 is 0. The molecule has 9 heteroatoms. The van der Waals surface area contributed by atoms with Crippen molar-refractivity contribution in [2.45, 2.75) is 45.1 Å². The van der Waals surface area contributed by atoms with Crippen molar-refractivity contribution in [1.82, 2.24) is 21.1 Å². The Labute approximate surface area is 169 Å². The molecule has 0 spiro atoms. The molecule has 1 unspecified atom stereocenters. The van der Waals surface area contributed by atoms with Crippen molar-refractivity contribution in [2.75, 3.05) is 25.0 Å². The van der Waals surface area contributed by atoms with Crippen molar-refractivity contribution in [2.24, 2.45) is 5.92 Å². The Hall–Kier alpha value is -2.52. The lowest BCUT2D eigenvalue weighted by Crippen LogP contribution is -2.35. The number of anilines is 1. The van der Waals surface area contributed by atoms with Gasteiger partial charge in [-0.05, 0) is 50.3 Å². The minimum atomic E-state index is -0.434. The number of amides is 4. The van der Waals surface area contributed by atoms with Crippen LogP contribution < -0.4 is 21.5 Å². The molecule has 4 N–H and O–H groups in total. The van der Waals surface area contributed by atoms with Gasteiger partial charge >= 0.3 is 6.03 Å². The molecule has 158 valence electrons. The molecular formula is C20H28FN5O3. The second kappa shape index (κ2) is 9.80. The number of hydrazine groups is 1. The molecule has 29 heavy (non-hydrogen) atoms. The van der Waals surface area contributed by atoms with E-state index in [1.54, 1.807) is 12.1 Å². The summed E-state index contributed by atoms with van der Waals surface area (Å²) in [7, 11) is 0. The maximum Gasteiger partial charge on any atom is 0.324 e. The van der Waals surface area contributed by atoms with Crippen LogP contribution >= 0.6 is 0 Å². The van der Waals surface area contributed by atoms with Crippen LogP contribution in [-0.4, -0.2) is 42.4 Å². The van der Waals surface area contributed by atoms with Crippen molar-refractivity contribution in [3.63, 3.8) is 0 Å². The molecule has 1 saturated heterocycles. The van der Waals surface area contributed by atoms with Crippen molar-refractivity contribution < 1.29 is 18.8 Å². The van der Waals surface area contributed by atoms with Gasteiger partial charge in [0, 0.05) is 25.0 Å². The zero-order valence-electron chi connectivity index (χ0n) is 16.6. The Morgan fingerprint density at radius 2 is 2.07 bits per heavy atom. The smallest absolute Gasteiger partial charge is 0.323 e. The fraction of sp³-hybridized carbons (Fsp3) is 0.550. The van der Waals surface area contributed by atoms with Gasteiger partial charge in [-0.3, -0.25) is 25.8 Å². The van der Waals surface area contributed by atoms with Crippen molar-refractivity contribution in [3.05, 3.63) is 29.6 Å². The largest absolute Gasteiger partial charge is 0.324 e. The van der Waals surface area contributed by atoms with E-state index in [1.807, 2.05) is 6.92 Å². The zero-order chi connectivity index (χ0) is 20.8. The van der Waals surface area contributed by atoms with Gasteiger partial charge in [0.25, 0.3) is 0 Å². The van der Waals surface area contributed by atoms with E-state index in [9.17, 15) is 18.8 Å². The standard InChI is InChI=1S/C20H28FN5O3/c1-13(15-7-8-16(21)17(11-15)23-19(28)14-5-6-14)25-22-9-3-2-4-10-26-12-18(27)24-20(26)29/h7-8,11,13-14,22,25H,2-6,9-10,12H2,1H3,(H,23,28)(H,24,27,29). The van der Waals surface area contributed by atoms with E-state index < -0.39 is 5.82 Å². The van der Waals surface area contributed by atoms with Gasteiger partial charge in [-0.25, -0.2) is 9.18 Å². The quantitative estimate of drug-likeness (QED) is 0.256. The number of hydrogen-bond acceptors (Lipinski definition) is 5. The normalized spacial score (nSPS) is 17.4. The van der Waals surface area contributed by atoms with Crippen LogP contribution in [0.2, 0.25) is 0 Å². The van der Waals surface area contributed by atoms with Crippen molar-refractivity contribution in [1.29, 1.82) is 0 Å². The lowest BCUT2D eigenvalue weighted by molar-refractivity contribution is -0.118. The summed E-state index contributed by atoms with van der Waals surface area (Å²) in [6, 6.07) is 4.36. The first kappa shape index (κ1) is 21.2. The number of imide groups is 1. The highest BCUT2D eigenvalue weighted by atomic mass is 19.1. The second-order valence-corrected chi connectivity index (χ2v) is 7.63. The van der Waals surface area contributed by atoms with Gasteiger partial charge in [0.15, 0.2) is 0 Å². The van der Waals surface area contributed by atoms with Gasteiger partial charge in [0.05, 0.1) is 5.69 Å². The monoisotopic (exact) mass is 405 g/mol. The van der Waals surface area contributed by atoms with Gasteiger partial charge in [0.1, 0.15) is 12.4 Å². The molecule has 2 aliphatic rings. The van der Waals surface area contributed by atoms with E-state index in [-0.39, 0.29) is 42.0 Å². The Morgan fingerprint density at radius 3 is 2.76 bits per heavy atom. The first-order chi connectivity index (χ1) is 13.9. The molecule has 0 aromatic heterocycles. The summed E-state index contributed by atoms with van der Waals surface area (Å²) in [4.78, 5) is 35.9. The number of unbranched alkanes of at least 4 members (excludes halogenated alkanes) is 2. The first-order valence-corrected chi connectivity index (χ1v) is 10.1. The van der Waals surface area contributed by atoms with Crippen LogP contribution in [-0.2, 0) is 9.59 Å². The molecule has 1 saturated carbocycles. The number of hydrogen-bond donors (Lipinski definition) is 4. The number of urea groups is 1. The summed E-state index contributed by atoms with van der Waals surface area (Å²) in [5.74, 6) is -0.770. The van der Waals surface area contributed by atoms with Gasteiger partial charge < -0.3 is 10.2 Å². The summed E-state index contributed by atoms with van der Waals surface area (Å²) in [5, 5.41) is 4.93. The molecule has 8 nitrogen and oxygen atoms in total. The fourth-order valence-corrected chi connectivity index (χ4v) is 3.15. The molecule has 1 atom stereocenters. The molecule has 1 aromatic carbocycles. The molecule has 4 amide bonds. The number of benzene rings is 1. The van der Waals surface area contributed by atoms with E-state index in [0.29, 0.717) is 6.54 Å². The SMILES string of the molecule is CC(NNCCCCCN1CC(=O)NC1=O)c1ccc(F)c(NC(=O)C2CC2)c1. The Kier molecular flexibility index (Phi) is 7.16. The Bertz CT molecular complexity index is 768. The number of carbonyl (C=O) groups is 3. The van der Waals surface area contributed by atoms with Crippen LogP contribution in [0.1, 0.15) is 50.6 Å². The van der Waals surface area contributed by atoms with Gasteiger partial charge in [-0.2, -0.15) is 0 Å². The highest BCUT2D eigenvalue weighted by Gasteiger charge is 2.30. The maximum absolute atomic E-state index is 14.0. The molecule has 1 aliphatic heterocycles. The molecular weight excluding hydrogens is 377 g/mol. The molecule has 1 heterocycles. The Morgan fingerprint density at radius 1 is 1.28 bits per heavy atom. The maximum atomic E-state index is 14.0. The molecule has 0 bridgehead atoms. The minimum Gasteiger partial charge on any atom is -0.323 e. The van der Waals surface area contributed by atoms with E-state index in [0.717, 1.165) is 44.2 Å². The first-order valence-electron chi connectivity index (χ1n) is 10.1. The van der Waals surface area contributed by atoms with Crippen LogP contribution in [0.3, 0.4) is 0 Å². The molecule has 1 aliphatic carbocycles. The number of carbonyl (C=O) groups excluding carboxylic acids is 3. The van der Waals surface area contributed by atoms with Gasteiger partial charge in [0.2, 0.25) is 11.8 Å². The highest BCUT2D eigenvalue weighted by molar-refractivity contribution is 6.01. The summed E-state index contributed by atoms with van der Waals surface area (Å²) in [6.07, 6.45) is 4.42. The van der Waals surface area contributed by atoms with Crippen molar-refractivity contribution in [3.8, 4) is 0 Å². The van der Waals surface area contributed by atoms with E-state index in [4.69, 9.17) is 0 Å². The predicted molar refractivity (Wildman–Crippen MR) is 106 cm³/mol. The number of rotatable bonds is 11. The van der Waals surface area contributed by atoms with E-state index >= 15 is 0 Å². The van der Waals surface area contributed by atoms with Crippen LogP contribution in [0.4, 0.5) is 14.9 Å². The molecule has 1 aromatic rings. The topological polar surface area (TPSA) is 103 Å². The second-order valence-electron chi connectivity index (χ2n) is 7.63. The molecule has 3 rings (SSSR count). The number of halogens is 1. The third kappa shape index (κ3) is 6.23. The van der Waals surface area contributed by atoms with Crippen LogP contribution in [0.25, 0.3) is 0 Å². The average Bonchev–Trinajstić information content (AvgIpc) is 3.48. The van der Waals surface area contributed by atoms with Gasteiger partial charge in [-0.15, -0.1) is 0 Å². The van der Waals surface area contributed by atoms with Crippen LogP contribution in [0.15, 0.2) is 18.2 Å².